The summed E-state index contributed by atoms with van der Waals surface area (Å²) in [5, 5.41) is 3.02. The van der Waals surface area contributed by atoms with Gasteiger partial charge in [0.05, 0.1) is 13.5 Å². The summed E-state index contributed by atoms with van der Waals surface area (Å²) < 4.78 is 10.9. The van der Waals surface area contributed by atoms with E-state index in [9.17, 15) is 4.79 Å². The standard InChI is InChI=1S/C23H40N2O3/c1-3-4-5-6-7-8-9-10-11-12-16-25-23(26)19-20-13-14-21(28-17-15-24)22(18-20)27-2/h13-14,18H,3-12,15-17,19,24H2,1-2H3,(H,25,26). The summed E-state index contributed by atoms with van der Waals surface area (Å²) in [5.41, 5.74) is 6.37. The first-order valence-electron chi connectivity index (χ1n) is 11.0. The van der Waals surface area contributed by atoms with Crippen LogP contribution in [0, 0.1) is 0 Å². The van der Waals surface area contributed by atoms with Crippen LogP contribution >= 0.6 is 0 Å². The molecule has 0 aliphatic rings. The highest BCUT2D eigenvalue weighted by Gasteiger charge is 2.08. The molecule has 0 heterocycles. The maximum absolute atomic E-state index is 12.1. The van der Waals surface area contributed by atoms with Crippen LogP contribution < -0.4 is 20.5 Å². The van der Waals surface area contributed by atoms with Crippen molar-refractivity contribution in [1.29, 1.82) is 0 Å². The van der Waals surface area contributed by atoms with Crippen LogP contribution in [0.2, 0.25) is 0 Å². The Bertz CT molecular complexity index is 535. The quantitative estimate of drug-likeness (QED) is 0.380. The van der Waals surface area contributed by atoms with Crippen molar-refractivity contribution < 1.29 is 14.3 Å². The van der Waals surface area contributed by atoms with E-state index in [2.05, 4.69) is 12.2 Å². The predicted molar refractivity (Wildman–Crippen MR) is 116 cm³/mol. The first kappa shape index (κ1) is 24.3. The minimum Gasteiger partial charge on any atom is -0.493 e. The molecular weight excluding hydrogens is 352 g/mol. The number of hydrogen-bond acceptors (Lipinski definition) is 4. The number of rotatable bonds is 17. The monoisotopic (exact) mass is 392 g/mol. The number of carbonyl (C=O) groups is 1. The number of carbonyl (C=O) groups excluding carboxylic acids is 1. The predicted octanol–water partition coefficient (Wildman–Crippen LogP) is 4.61. The summed E-state index contributed by atoms with van der Waals surface area (Å²) in [5.74, 6) is 1.34. The van der Waals surface area contributed by atoms with Gasteiger partial charge in [-0.2, -0.15) is 0 Å². The van der Waals surface area contributed by atoms with Crippen LogP contribution in [0.5, 0.6) is 11.5 Å². The molecule has 5 nitrogen and oxygen atoms in total. The van der Waals surface area contributed by atoms with Crippen LogP contribution in [-0.4, -0.2) is 32.7 Å². The van der Waals surface area contributed by atoms with Gasteiger partial charge >= 0.3 is 0 Å². The van der Waals surface area contributed by atoms with Crippen molar-refractivity contribution in [1.82, 2.24) is 5.32 Å². The van der Waals surface area contributed by atoms with Crippen LogP contribution in [0.15, 0.2) is 18.2 Å². The molecule has 0 saturated heterocycles. The summed E-state index contributed by atoms with van der Waals surface area (Å²) >= 11 is 0. The molecule has 1 aromatic carbocycles. The molecule has 0 spiro atoms. The topological polar surface area (TPSA) is 73.6 Å². The van der Waals surface area contributed by atoms with Crippen LogP contribution in [0.4, 0.5) is 0 Å². The molecule has 1 aromatic rings. The first-order valence-corrected chi connectivity index (χ1v) is 11.0. The van der Waals surface area contributed by atoms with Gasteiger partial charge in [0.15, 0.2) is 11.5 Å². The highest BCUT2D eigenvalue weighted by atomic mass is 16.5. The van der Waals surface area contributed by atoms with Crippen molar-refractivity contribution >= 4 is 5.91 Å². The average molecular weight is 393 g/mol. The summed E-state index contributed by atoms with van der Waals surface area (Å²) in [7, 11) is 1.60. The van der Waals surface area contributed by atoms with E-state index < -0.39 is 0 Å². The Hall–Kier alpha value is -1.75. The van der Waals surface area contributed by atoms with Crippen LogP contribution in [0.1, 0.15) is 76.7 Å². The normalized spacial score (nSPS) is 10.7. The molecule has 5 heteroatoms. The molecule has 0 radical (unpaired) electrons. The lowest BCUT2D eigenvalue weighted by Gasteiger charge is -2.12. The van der Waals surface area contributed by atoms with Gasteiger partial charge in [0, 0.05) is 13.1 Å². The largest absolute Gasteiger partial charge is 0.493 e. The van der Waals surface area contributed by atoms with Gasteiger partial charge in [-0.3, -0.25) is 4.79 Å². The third-order valence-corrected chi connectivity index (χ3v) is 4.82. The third kappa shape index (κ3) is 11.2. The number of nitrogens with two attached hydrogens (primary N) is 1. The molecular formula is C23H40N2O3. The second-order valence-electron chi connectivity index (χ2n) is 7.33. The fraction of sp³-hybridized carbons (Fsp3) is 0.696. The SMILES string of the molecule is CCCCCCCCCCCCNC(=O)Cc1ccc(OCCN)c(OC)c1. The van der Waals surface area contributed by atoms with E-state index in [0.29, 0.717) is 31.1 Å². The lowest BCUT2D eigenvalue weighted by molar-refractivity contribution is -0.120. The third-order valence-electron chi connectivity index (χ3n) is 4.82. The van der Waals surface area contributed by atoms with Crippen molar-refractivity contribution in [3.8, 4) is 11.5 Å². The van der Waals surface area contributed by atoms with E-state index in [0.717, 1.165) is 18.5 Å². The molecule has 0 atom stereocenters. The van der Waals surface area contributed by atoms with Crippen LogP contribution in [0.25, 0.3) is 0 Å². The van der Waals surface area contributed by atoms with Crippen molar-refractivity contribution in [2.45, 2.75) is 77.6 Å². The van der Waals surface area contributed by atoms with Gasteiger partial charge in [0.2, 0.25) is 5.91 Å². The molecule has 1 amide bonds. The van der Waals surface area contributed by atoms with Crippen LogP contribution in [0.3, 0.4) is 0 Å². The number of amides is 1. The van der Waals surface area contributed by atoms with Gasteiger partial charge in [0.25, 0.3) is 0 Å². The summed E-state index contributed by atoms with van der Waals surface area (Å²) in [6.45, 7) is 3.90. The highest BCUT2D eigenvalue weighted by molar-refractivity contribution is 5.78. The smallest absolute Gasteiger partial charge is 0.224 e. The zero-order valence-corrected chi connectivity index (χ0v) is 17.9. The molecule has 0 fully saturated rings. The maximum Gasteiger partial charge on any atom is 0.224 e. The first-order chi connectivity index (χ1) is 13.7. The van der Waals surface area contributed by atoms with Gasteiger partial charge in [-0.15, -0.1) is 0 Å². The van der Waals surface area contributed by atoms with E-state index in [1.54, 1.807) is 7.11 Å². The second kappa shape index (κ2) is 16.2. The number of ether oxygens (including phenoxy) is 2. The molecule has 0 aliphatic carbocycles. The zero-order valence-electron chi connectivity index (χ0n) is 17.9. The summed E-state index contributed by atoms with van der Waals surface area (Å²) in [6.07, 6.45) is 13.4. The molecule has 0 unspecified atom stereocenters. The van der Waals surface area contributed by atoms with E-state index in [1.165, 1.54) is 57.8 Å². The van der Waals surface area contributed by atoms with Crippen molar-refractivity contribution in [2.75, 3.05) is 26.8 Å². The maximum atomic E-state index is 12.1. The molecule has 0 saturated carbocycles. The number of hydrogen-bond donors (Lipinski definition) is 2. The molecule has 28 heavy (non-hydrogen) atoms. The minimum atomic E-state index is 0.0496. The lowest BCUT2D eigenvalue weighted by Crippen LogP contribution is -2.26. The Labute approximate surface area is 171 Å². The lowest BCUT2D eigenvalue weighted by atomic mass is 10.1. The van der Waals surface area contributed by atoms with Crippen LogP contribution in [-0.2, 0) is 11.2 Å². The number of unbranched alkanes of at least 4 members (excludes halogenated alkanes) is 9. The molecule has 0 aromatic heterocycles. The molecule has 0 aliphatic heterocycles. The minimum absolute atomic E-state index is 0.0496. The van der Waals surface area contributed by atoms with Gasteiger partial charge in [-0.05, 0) is 24.1 Å². The number of methoxy groups -OCH3 is 1. The number of benzene rings is 1. The van der Waals surface area contributed by atoms with Gasteiger partial charge in [-0.25, -0.2) is 0 Å². The van der Waals surface area contributed by atoms with Gasteiger partial charge in [-0.1, -0.05) is 70.8 Å². The highest BCUT2D eigenvalue weighted by Crippen LogP contribution is 2.28. The zero-order chi connectivity index (χ0) is 20.5. The van der Waals surface area contributed by atoms with Crippen molar-refractivity contribution in [3.63, 3.8) is 0 Å². The van der Waals surface area contributed by atoms with Gasteiger partial charge in [0.1, 0.15) is 6.61 Å². The molecule has 3 N–H and O–H groups in total. The summed E-state index contributed by atoms with van der Waals surface area (Å²) in [4.78, 5) is 12.1. The fourth-order valence-corrected chi connectivity index (χ4v) is 3.20. The number of nitrogens with one attached hydrogen (secondary N) is 1. The Morgan fingerprint density at radius 3 is 2.21 bits per heavy atom. The molecule has 1 rings (SSSR count). The average Bonchev–Trinajstić information content (AvgIpc) is 2.70. The van der Waals surface area contributed by atoms with Gasteiger partial charge < -0.3 is 20.5 Å². The Morgan fingerprint density at radius 2 is 1.61 bits per heavy atom. The Kier molecular flexibility index (Phi) is 14.1. The summed E-state index contributed by atoms with van der Waals surface area (Å²) in [6, 6.07) is 5.58. The van der Waals surface area contributed by atoms with E-state index in [1.807, 2.05) is 18.2 Å². The molecule has 0 bridgehead atoms. The van der Waals surface area contributed by atoms with Crippen molar-refractivity contribution in [2.24, 2.45) is 5.73 Å². The van der Waals surface area contributed by atoms with E-state index in [-0.39, 0.29) is 5.91 Å². The van der Waals surface area contributed by atoms with E-state index >= 15 is 0 Å². The molecule has 160 valence electrons. The Balaban J connectivity index is 2.13. The fourth-order valence-electron chi connectivity index (χ4n) is 3.20. The Morgan fingerprint density at radius 1 is 0.964 bits per heavy atom. The van der Waals surface area contributed by atoms with E-state index in [4.69, 9.17) is 15.2 Å². The second-order valence-corrected chi connectivity index (χ2v) is 7.33. The van der Waals surface area contributed by atoms with Crippen molar-refractivity contribution in [3.05, 3.63) is 23.8 Å².